The number of benzene rings is 1. The highest BCUT2D eigenvalue weighted by Crippen LogP contribution is 2.34. The summed E-state index contributed by atoms with van der Waals surface area (Å²) in [6.07, 6.45) is 6.68. The third kappa shape index (κ3) is 2.17. The van der Waals surface area contributed by atoms with Crippen LogP contribution < -0.4 is 9.64 Å². The van der Waals surface area contributed by atoms with Gasteiger partial charge in [-0.05, 0) is 18.2 Å². The standard InChI is InChI=1S/C12H8N2O3/c1-2-5-14-7-12(16)17-11-4-3-9(13-8-15)6-10(11)14/h1,3-4,6H,5,7H2. The fraction of sp³-hybridized carbons (Fsp3) is 0.167. The summed E-state index contributed by atoms with van der Waals surface area (Å²) in [5.74, 6) is 2.52. The van der Waals surface area contributed by atoms with E-state index in [-0.39, 0.29) is 19.1 Å². The Morgan fingerprint density at radius 1 is 1.53 bits per heavy atom. The minimum Gasteiger partial charge on any atom is -0.423 e. The summed E-state index contributed by atoms with van der Waals surface area (Å²) < 4.78 is 5.05. The number of isocyanates is 1. The normalized spacial score (nSPS) is 13.1. The van der Waals surface area contributed by atoms with E-state index in [2.05, 4.69) is 10.9 Å². The molecule has 5 nitrogen and oxygen atoms in total. The van der Waals surface area contributed by atoms with Crippen molar-refractivity contribution in [2.45, 2.75) is 0 Å². The van der Waals surface area contributed by atoms with Crippen molar-refractivity contribution in [3.63, 3.8) is 0 Å². The minimum atomic E-state index is -0.362. The molecule has 5 heteroatoms. The summed E-state index contributed by atoms with van der Waals surface area (Å²) in [6, 6.07) is 4.77. The van der Waals surface area contributed by atoms with Gasteiger partial charge in [0, 0.05) is 0 Å². The zero-order valence-electron chi connectivity index (χ0n) is 8.84. The summed E-state index contributed by atoms with van der Waals surface area (Å²) in [5, 5.41) is 0. The van der Waals surface area contributed by atoms with Gasteiger partial charge >= 0.3 is 5.97 Å². The van der Waals surface area contributed by atoms with Crippen LogP contribution in [0.2, 0.25) is 0 Å². The van der Waals surface area contributed by atoms with Gasteiger partial charge in [-0.25, -0.2) is 9.59 Å². The maximum atomic E-state index is 11.3. The summed E-state index contributed by atoms with van der Waals surface area (Å²) >= 11 is 0. The number of terminal acetylenes is 1. The summed E-state index contributed by atoms with van der Waals surface area (Å²) in [4.78, 5) is 26.7. The highest BCUT2D eigenvalue weighted by Gasteiger charge is 2.23. The van der Waals surface area contributed by atoms with Crippen molar-refractivity contribution in [3.8, 4) is 18.1 Å². The number of rotatable bonds is 2. The third-order valence-corrected chi connectivity index (χ3v) is 2.28. The lowest BCUT2D eigenvalue weighted by molar-refractivity contribution is -0.133. The number of ether oxygens (including phenoxy) is 1. The Hall–Kier alpha value is -2.57. The van der Waals surface area contributed by atoms with Gasteiger partial charge in [-0.1, -0.05) is 5.92 Å². The van der Waals surface area contributed by atoms with Crippen LogP contribution in [0.15, 0.2) is 23.2 Å². The van der Waals surface area contributed by atoms with Crippen molar-refractivity contribution >= 4 is 23.4 Å². The molecule has 1 aliphatic rings. The Balaban J connectivity index is 2.46. The molecule has 1 heterocycles. The smallest absolute Gasteiger partial charge is 0.331 e. The van der Waals surface area contributed by atoms with Gasteiger partial charge in [0.2, 0.25) is 6.08 Å². The van der Waals surface area contributed by atoms with E-state index in [1.54, 1.807) is 23.1 Å². The molecule has 0 N–H and O–H groups in total. The van der Waals surface area contributed by atoms with Gasteiger partial charge in [-0.15, -0.1) is 6.42 Å². The lowest BCUT2D eigenvalue weighted by Gasteiger charge is -2.28. The molecule has 0 saturated carbocycles. The summed E-state index contributed by atoms with van der Waals surface area (Å²) in [6.45, 7) is 0.377. The number of fused-ring (bicyclic) bond motifs is 1. The summed E-state index contributed by atoms with van der Waals surface area (Å²) in [7, 11) is 0. The van der Waals surface area contributed by atoms with E-state index in [0.29, 0.717) is 17.1 Å². The van der Waals surface area contributed by atoms with Crippen LogP contribution in [0.3, 0.4) is 0 Å². The number of hydrogen-bond donors (Lipinski definition) is 0. The predicted molar refractivity (Wildman–Crippen MR) is 60.9 cm³/mol. The first-order valence-electron chi connectivity index (χ1n) is 4.85. The maximum Gasteiger partial charge on any atom is 0.331 e. The Morgan fingerprint density at radius 2 is 2.35 bits per heavy atom. The lowest BCUT2D eigenvalue weighted by atomic mass is 10.2. The van der Waals surface area contributed by atoms with E-state index >= 15 is 0 Å². The van der Waals surface area contributed by atoms with Gasteiger partial charge in [0.1, 0.15) is 6.54 Å². The molecule has 0 bridgehead atoms. The molecule has 0 saturated heterocycles. The first kappa shape index (κ1) is 10.9. The molecule has 1 aromatic rings. The van der Waals surface area contributed by atoms with Crippen molar-refractivity contribution in [2.24, 2.45) is 4.99 Å². The zero-order chi connectivity index (χ0) is 12.3. The molecule has 1 aliphatic heterocycles. The van der Waals surface area contributed by atoms with Crippen LogP contribution >= 0.6 is 0 Å². The molecule has 0 spiro atoms. The van der Waals surface area contributed by atoms with Gasteiger partial charge in [0.05, 0.1) is 17.9 Å². The second-order valence-corrected chi connectivity index (χ2v) is 3.39. The molecule has 1 aromatic carbocycles. The minimum absolute atomic E-state index is 0.0887. The van der Waals surface area contributed by atoms with E-state index in [1.807, 2.05) is 0 Å². The molecule has 0 radical (unpaired) electrons. The van der Waals surface area contributed by atoms with Crippen LogP contribution in [0.25, 0.3) is 0 Å². The average molecular weight is 228 g/mol. The molecule has 0 aromatic heterocycles. The van der Waals surface area contributed by atoms with Crippen LogP contribution in [0, 0.1) is 12.3 Å². The number of aliphatic imine (C=N–C) groups is 1. The predicted octanol–water partition coefficient (Wildman–Crippen LogP) is 1.01. The number of esters is 1. The second kappa shape index (κ2) is 4.52. The Bertz CT molecular complexity index is 553. The molecule has 17 heavy (non-hydrogen) atoms. The molecule has 0 unspecified atom stereocenters. The Labute approximate surface area is 97.7 Å². The molecular formula is C12H8N2O3. The second-order valence-electron chi connectivity index (χ2n) is 3.39. The average Bonchev–Trinajstić information content (AvgIpc) is 2.30. The number of carbonyl (C=O) groups excluding carboxylic acids is 2. The zero-order valence-corrected chi connectivity index (χ0v) is 8.84. The van der Waals surface area contributed by atoms with Gasteiger partial charge in [-0.3, -0.25) is 0 Å². The first-order chi connectivity index (χ1) is 8.24. The Kier molecular flexibility index (Phi) is 2.91. The SMILES string of the molecule is C#CCN1CC(=O)Oc2ccc(N=C=O)cc21. The highest BCUT2D eigenvalue weighted by atomic mass is 16.5. The lowest BCUT2D eigenvalue weighted by Crippen LogP contribution is -2.36. The third-order valence-electron chi connectivity index (χ3n) is 2.28. The maximum absolute atomic E-state index is 11.3. The number of hydrogen-bond acceptors (Lipinski definition) is 5. The van der Waals surface area contributed by atoms with Gasteiger partial charge < -0.3 is 9.64 Å². The van der Waals surface area contributed by atoms with Crippen LogP contribution in [0.5, 0.6) is 5.75 Å². The molecule has 84 valence electrons. The molecule has 0 fully saturated rings. The van der Waals surface area contributed by atoms with Crippen LogP contribution in [-0.2, 0) is 9.59 Å². The van der Waals surface area contributed by atoms with Crippen molar-refractivity contribution in [1.82, 2.24) is 0 Å². The fourth-order valence-corrected chi connectivity index (χ4v) is 1.61. The van der Waals surface area contributed by atoms with E-state index in [0.717, 1.165) is 0 Å². The monoisotopic (exact) mass is 228 g/mol. The van der Waals surface area contributed by atoms with Crippen molar-refractivity contribution in [3.05, 3.63) is 18.2 Å². The topological polar surface area (TPSA) is 59.0 Å². The van der Waals surface area contributed by atoms with E-state index in [9.17, 15) is 9.59 Å². The van der Waals surface area contributed by atoms with Crippen LogP contribution in [-0.4, -0.2) is 25.1 Å². The highest BCUT2D eigenvalue weighted by molar-refractivity contribution is 5.85. The number of carbonyl (C=O) groups is 1. The van der Waals surface area contributed by atoms with Gasteiger partial charge in [0.25, 0.3) is 0 Å². The van der Waals surface area contributed by atoms with E-state index in [4.69, 9.17) is 11.2 Å². The van der Waals surface area contributed by atoms with E-state index in [1.165, 1.54) is 6.08 Å². The molecule has 0 aliphatic carbocycles. The van der Waals surface area contributed by atoms with Gasteiger partial charge in [-0.2, -0.15) is 4.99 Å². The van der Waals surface area contributed by atoms with Gasteiger partial charge in [0.15, 0.2) is 5.75 Å². The van der Waals surface area contributed by atoms with Crippen molar-refractivity contribution in [2.75, 3.05) is 18.0 Å². The van der Waals surface area contributed by atoms with Crippen LogP contribution in [0.4, 0.5) is 11.4 Å². The molecular weight excluding hydrogens is 220 g/mol. The van der Waals surface area contributed by atoms with E-state index < -0.39 is 0 Å². The number of anilines is 1. The number of nitrogens with zero attached hydrogens (tertiary/aromatic N) is 2. The quantitative estimate of drug-likeness (QED) is 0.249. The summed E-state index contributed by atoms with van der Waals surface area (Å²) in [5.41, 5.74) is 1.10. The van der Waals surface area contributed by atoms with Crippen molar-refractivity contribution in [1.29, 1.82) is 0 Å². The first-order valence-corrected chi connectivity index (χ1v) is 4.85. The van der Waals surface area contributed by atoms with Crippen molar-refractivity contribution < 1.29 is 14.3 Å². The molecule has 0 atom stereocenters. The molecule has 2 rings (SSSR count). The Morgan fingerprint density at radius 3 is 3.06 bits per heavy atom. The van der Waals surface area contributed by atoms with Crippen LogP contribution in [0.1, 0.15) is 0 Å². The molecule has 0 amide bonds. The fourth-order valence-electron chi connectivity index (χ4n) is 1.61. The largest absolute Gasteiger partial charge is 0.423 e.